The normalized spacial score (nSPS) is 16.3. The zero-order valence-corrected chi connectivity index (χ0v) is 15.9. The fraction of sp³-hybridized carbons (Fsp3) is 0.350. The Morgan fingerprint density at radius 2 is 1.85 bits per heavy atom. The lowest BCUT2D eigenvalue weighted by Gasteiger charge is -2.38. The number of hydrogen-bond acceptors (Lipinski definition) is 4. The van der Waals surface area contributed by atoms with Crippen LogP contribution < -0.4 is 10.2 Å². The van der Waals surface area contributed by atoms with Crippen molar-refractivity contribution in [3.63, 3.8) is 0 Å². The van der Waals surface area contributed by atoms with Crippen LogP contribution in [-0.4, -0.2) is 49.3 Å². The quantitative estimate of drug-likeness (QED) is 0.811. The van der Waals surface area contributed by atoms with E-state index in [0.29, 0.717) is 18.8 Å². The average Bonchev–Trinajstić information content (AvgIpc) is 2.68. The van der Waals surface area contributed by atoms with Gasteiger partial charge in [-0.3, -0.25) is 9.69 Å². The summed E-state index contributed by atoms with van der Waals surface area (Å²) in [7, 11) is 0. The lowest BCUT2D eigenvalue weighted by molar-refractivity contribution is -0.120. The van der Waals surface area contributed by atoms with Crippen molar-refractivity contribution in [3.8, 4) is 0 Å². The molecule has 1 fully saturated rings. The summed E-state index contributed by atoms with van der Waals surface area (Å²) in [4.78, 5) is 17.9. The van der Waals surface area contributed by atoms with Crippen molar-refractivity contribution in [2.24, 2.45) is 0 Å². The molecule has 1 saturated heterocycles. The highest BCUT2D eigenvalue weighted by Gasteiger charge is 2.26. The van der Waals surface area contributed by atoms with Crippen LogP contribution in [-0.2, 0) is 4.79 Å². The maximum Gasteiger partial charge on any atom is 0.241 e. The Labute approximate surface area is 158 Å². The molecule has 0 bridgehead atoms. The van der Waals surface area contributed by atoms with Crippen LogP contribution in [0.3, 0.4) is 0 Å². The SMILES string of the molecule is CSc1cccc(NC(=O)[C@H](C)N2CCN(c3ccccc3F)CC2)c1. The Bertz CT molecular complexity index is 762. The highest BCUT2D eigenvalue weighted by molar-refractivity contribution is 7.98. The Morgan fingerprint density at radius 1 is 1.12 bits per heavy atom. The second-order valence-corrected chi connectivity index (χ2v) is 7.25. The maximum absolute atomic E-state index is 13.9. The number of anilines is 2. The molecule has 2 aromatic rings. The molecule has 2 aromatic carbocycles. The largest absolute Gasteiger partial charge is 0.367 e. The molecular formula is C20H24FN3OS. The third-order valence-electron chi connectivity index (χ3n) is 4.77. The minimum absolute atomic E-state index is 0.0115. The molecule has 0 unspecified atom stereocenters. The highest BCUT2D eigenvalue weighted by Crippen LogP contribution is 2.22. The minimum atomic E-state index is -0.226. The van der Waals surface area contributed by atoms with E-state index in [9.17, 15) is 9.18 Å². The van der Waals surface area contributed by atoms with Crippen molar-refractivity contribution in [3.05, 3.63) is 54.3 Å². The Kier molecular flexibility index (Phi) is 6.16. The Balaban J connectivity index is 1.56. The maximum atomic E-state index is 13.9. The van der Waals surface area contributed by atoms with E-state index in [4.69, 9.17) is 0 Å². The molecule has 1 heterocycles. The van der Waals surface area contributed by atoms with Crippen molar-refractivity contribution in [1.82, 2.24) is 4.90 Å². The van der Waals surface area contributed by atoms with E-state index in [-0.39, 0.29) is 17.8 Å². The van der Waals surface area contributed by atoms with Gasteiger partial charge in [-0.2, -0.15) is 0 Å². The molecule has 26 heavy (non-hydrogen) atoms. The molecular weight excluding hydrogens is 349 g/mol. The summed E-state index contributed by atoms with van der Waals surface area (Å²) in [5.74, 6) is -0.206. The number of benzene rings is 2. The van der Waals surface area contributed by atoms with Gasteiger partial charge in [0, 0.05) is 36.8 Å². The molecule has 0 aliphatic carbocycles. The summed E-state index contributed by atoms with van der Waals surface area (Å²) in [6, 6.07) is 14.5. The summed E-state index contributed by atoms with van der Waals surface area (Å²) in [6.45, 7) is 4.80. The van der Waals surface area contributed by atoms with Gasteiger partial charge in [0.1, 0.15) is 5.82 Å². The Morgan fingerprint density at radius 3 is 2.54 bits per heavy atom. The number of nitrogens with zero attached hydrogens (tertiary/aromatic N) is 2. The molecule has 1 amide bonds. The van der Waals surface area contributed by atoms with Gasteiger partial charge in [0.15, 0.2) is 0 Å². The average molecular weight is 373 g/mol. The van der Waals surface area contributed by atoms with Gasteiger partial charge in [-0.25, -0.2) is 4.39 Å². The third kappa shape index (κ3) is 4.37. The molecule has 1 N–H and O–H groups in total. The zero-order valence-electron chi connectivity index (χ0n) is 15.1. The molecule has 0 radical (unpaired) electrons. The van der Waals surface area contributed by atoms with E-state index >= 15 is 0 Å². The number of thioether (sulfide) groups is 1. The zero-order chi connectivity index (χ0) is 18.5. The summed E-state index contributed by atoms with van der Waals surface area (Å²) in [5.41, 5.74) is 1.46. The molecule has 6 heteroatoms. The number of halogens is 1. The van der Waals surface area contributed by atoms with Crippen molar-refractivity contribution >= 4 is 29.0 Å². The van der Waals surface area contributed by atoms with Gasteiger partial charge in [-0.15, -0.1) is 11.8 Å². The molecule has 0 spiro atoms. The number of carbonyl (C=O) groups excluding carboxylic acids is 1. The van der Waals surface area contributed by atoms with Gasteiger partial charge in [-0.1, -0.05) is 18.2 Å². The monoisotopic (exact) mass is 373 g/mol. The topological polar surface area (TPSA) is 35.6 Å². The standard InChI is InChI=1S/C20H24FN3OS/c1-15(20(25)22-16-6-5-7-17(14-16)26-2)23-10-12-24(13-11-23)19-9-4-3-8-18(19)21/h3-9,14-15H,10-13H2,1-2H3,(H,22,25)/t15-/m0/s1. The lowest BCUT2D eigenvalue weighted by Crippen LogP contribution is -2.53. The van der Waals surface area contributed by atoms with Gasteiger partial charge in [0.05, 0.1) is 11.7 Å². The molecule has 4 nitrogen and oxygen atoms in total. The summed E-state index contributed by atoms with van der Waals surface area (Å²) in [6.07, 6.45) is 2.01. The van der Waals surface area contributed by atoms with E-state index in [0.717, 1.165) is 23.7 Å². The van der Waals surface area contributed by atoms with Gasteiger partial charge in [0.2, 0.25) is 5.91 Å². The fourth-order valence-electron chi connectivity index (χ4n) is 3.17. The van der Waals surface area contributed by atoms with Gasteiger partial charge < -0.3 is 10.2 Å². The van der Waals surface area contributed by atoms with E-state index in [1.165, 1.54) is 6.07 Å². The van der Waals surface area contributed by atoms with Crippen molar-refractivity contribution in [1.29, 1.82) is 0 Å². The molecule has 1 atom stereocenters. The molecule has 3 rings (SSSR count). The number of carbonyl (C=O) groups is 1. The van der Waals surface area contributed by atoms with Crippen LogP contribution >= 0.6 is 11.8 Å². The first-order valence-electron chi connectivity index (χ1n) is 8.77. The van der Waals surface area contributed by atoms with Crippen LogP contribution in [0.15, 0.2) is 53.4 Å². The summed E-state index contributed by atoms with van der Waals surface area (Å²) < 4.78 is 13.9. The predicted molar refractivity (Wildman–Crippen MR) is 107 cm³/mol. The van der Waals surface area contributed by atoms with E-state index in [1.807, 2.05) is 48.4 Å². The first kappa shape index (κ1) is 18.7. The minimum Gasteiger partial charge on any atom is -0.367 e. The van der Waals surface area contributed by atoms with Gasteiger partial charge in [-0.05, 0) is 43.5 Å². The van der Waals surface area contributed by atoms with E-state index in [1.54, 1.807) is 23.9 Å². The molecule has 1 aliphatic rings. The number of nitrogens with one attached hydrogen (secondary N) is 1. The van der Waals surface area contributed by atoms with Crippen LogP contribution in [0.4, 0.5) is 15.8 Å². The van der Waals surface area contributed by atoms with Crippen LogP contribution in [0.25, 0.3) is 0 Å². The first-order valence-corrected chi connectivity index (χ1v) is 9.99. The Hall–Kier alpha value is -2.05. The van der Waals surface area contributed by atoms with Crippen LogP contribution in [0, 0.1) is 5.82 Å². The second kappa shape index (κ2) is 8.56. The number of hydrogen-bond donors (Lipinski definition) is 1. The van der Waals surface area contributed by atoms with Crippen molar-refractivity contribution < 1.29 is 9.18 Å². The first-order chi connectivity index (χ1) is 12.6. The van der Waals surface area contributed by atoms with E-state index in [2.05, 4.69) is 10.2 Å². The van der Waals surface area contributed by atoms with Crippen LogP contribution in [0.2, 0.25) is 0 Å². The predicted octanol–water partition coefficient (Wildman–Crippen LogP) is 3.70. The number of piperazine rings is 1. The summed E-state index contributed by atoms with van der Waals surface area (Å²) in [5, 5.41) is 3.00. The molecule has 138 valence electrons. The molecule has 1 aliphatic heterocycles. The second-order valence-electron chi connectivity index (χ2n) is 6.37. The van der Waals surface area contributed by atoms with E-state index < -0.39 is 0 Å². The van der Waals surface area contributed by atoms with Crippen LogP contribution in [0.1, 0.15) is 6.92 Å². The smallest absolute Gasteiger partial charge is 0.241 e. The van der Waals surface area contributed by atoms with Gasteiger partial charge >= 0.3 is 0 Å². The summed E-state index contributed by atoms with van der Waals surface area (Å²) >= 11 is 1.65. The van der Waals surface area contributed by atoms with Crippen LogP contribution in [0.5, 0.6) is 0 Å². The van der Waals surface area contributed by atoms with Crippen molar-refractivity contribution in [2.45, 2.75) is 17.9 Å². The molecule has 0 saturated carbocycles. The lowest BCUT2D eigenvalue weighted by atomic mass is 10.2. The third-order valence-corrected chi connectivity index (χ3v) is 5.50. The number of amides is 1. The number of para-hydroxylation sites is 1. The highest BCUT2D eigenvalue weighted by atomic mass is 32.2. The van der Waals surface area contributed by atoms with Gasteiger partial charge in [0.25, 0.3) is 0 Å². The molecule has 0 aromatic heterocycles. The fourth-order valence-corrected chi connectivity index (χ4v) is 3.63. The number of rotatable bonds is 5. The van der Waals surface area contributed by atoms with Crippen molar-refractivity contribution in [2.75, 3.05) is 42.7 Å².